The normalized spacial score (nSPS) is 28.1. The molecule has 0 radical (unpaired) electrons. The number of nitrogens with zero attached hydrogens (tertiary/aromatic N) is 1. The van der Waals surface area contributed by atoms with E-state index in [1.54, 1.807) is 0 Å². The first-order valence-electron chi connectivity index (χ1n) is 7.82. The fourth-order valence-corrected chi connectivity index (χ4v) is 3.14. The third kappa shape index (κ3) is 3.25. The molecule has 0 aromatic rings. The van der Waals surface area contributed by atoms with Crippen LogP contribution in [0.5, 0.6) is 0 Å². The zero-order chi connectivity index (χ0) is 12.4. The Morgan fingerprint density at radius 2 is 1.83 bits per heavy atom. The predicted octanol–water partition coefficient (Wildman–Crippen LogP) is 2.17. The van der Waals surface area contributed by atoms with Crippen LogP contribution in [0.1, 0.15) is 51.4 Å². The van der Waals surface area contributed by atoms with Crippen molar-refractivity contribution < 1.29 is 4.79 Å². The summed E-state index contributed by atoms with van der Waals surface area (Å²) in [5.41, 5.74) is 0. The largest absolute Gasteiger partial charge is 0.341 e. The van der Waals surface area contributed by atoms with Gasteiger partial charge in [0.25, 0.3) is 0 Å². The predicted molar refractivity (Wildman–Crippen MR) is 72.3 cm³/mol. The molecule has 3 rings (SSSR count). The maximum absolute atomic E-state index is 12.4. The van der Waals surface area contributed by atoms with Gasteiger partial charge in [-0.1, -0.05) is 6.42 Å². The maximum Gasteiger partial charge on any atom is 0.222 e. The molecule has 102 valence electrons. The zero-order valence-electron chi connectivity index (χ0n) is 11.4. The van der Waals surface area contributed by atoms with Crippen LogP contribution in [0.15, 0.2) is 0 Å². The first-order valence-corrected chi connectivity index (χ1v) is 7.82. The van der Waals surface area contributed by atoms with E-state index in [0.717, 1.165) is 32.0 Å². The number of hydrogen-bond acceptors (Lipinski definition) is 2. The van der Waals surface area contributed by atoms with Crippen molar-refractivity contribution in [1.29, 1.82) is 0 Å². The SMILES string of the molecule is O=C(CC1CCC1)N(CC1CC1)CC1CCCN1. The van der Waals surface area contributed by atoms with E-state index in [1.807, 2.05) is 0 Å². The highest BCUT2D eigenvalue weighted by Crippen LogP contribution is 2.32. The molecule has 1 saturated heterocycles. The van der Waals surface area contributed by atoms with Gasteiger partial charge in [-0.05, 0) is 56.9 Å². The van der Waals surface area contributed by atoms with Gasteiger partial charge >= 0.3 is 0 Å². The Kier molecular flexibility index (Phi) is 3.88. The van der Waals surface area contributed by atoms with Crippen LogP contribution >= 0.6 is 0 Å². The Morgan fingerprint density at radius 1 is 1.00 bits per heavy atom. The van der Waals surface area contributed by atoms with Crippen LogP contribution in [0.3, 0.4) is 0 Å². The van der Waals surface area contributed by atoms with Crippen molar-refractivity contribution in [2.24, 2.45) is 11.8 Å². The molecule has 1 unspecified atom stereocenters. The molecule has 3 fully saturated rings. The second-order valence-corrected chi connectivity index (χ2v) is 6.54. The molecule has 3 aliphatic rings. The quantitative estimate of drug-likeness (QED) is 0.783. The summed E-state index contributed by atoms with van der Waals surface area (Å²) in [5, 5.41) is 3.52. The molecule has 0 bridgehead atoms. The van der Waals surface area contributed by atoms with Crippen molar-refractivity contribution in [3.8, 4) is 0 Å². The molecule has 1 heterocycles. The highest BCUT2D eigenvalue weighted by molar-refractivity contribution is 5.76. The first-order chi connectivity index (χ1) is 8.81. The topological polar surface area (TPSA) is 32.3 Å². The van der Waals surface area contributed by atoms with Crippen LogP contribution in [0.2, 0.25) is 0 Å². The summed E-state index contributed by atoms with van der Waals surface area (Å²) in [6.07, 6.45) is 9.92. The molecule has 0 aromatic carbocycles. The van der Waals surface area contributed by atoms with Crippen LogP contribution in [0.4, 0.5) is 0 Å². The van der Waals surface area contributed by atoms with Crippen LogP contribution in [0.25, 0.3) is 0 Å². The number of rotatable bonds is 6. The Morgan fingerprint density at radius 3 is 2.39 bits per heavy atom. The van der Waals surface area contributed by atoms with E-state index in [-0.39, 0.29) is 0 Å². The van der Waals surface area contributed by atoms with E-state index < -0.39 is 0 Å². The van der Waals surface area contributed by atoms with Crippen molar-refractivity contribution in [2.75, 3.05) is 19.6 Å². The molecular formula is C15H26N2O. The third-order valence-corrected chi connectivity index (χ3v) is 4.82. The van der Waals surface area contributed by atoms with Crippen molar-refractivity contribution in [3.63, 3.8) is 0 Å². The van der Waals surface area contributed by atoms with E-state index in [9.17, 15) is 4.79 Å². The van der Waals surface area contributed by atoms with E-state index in [4.69, 9.17) is 0 Å². The Bertz CT molecular complexity index is 291. The zero-order valence-corrected chi connectivity index (χ0v) is 11.4. The van der Waals surface area contributed by atoms with Crippen molar-refractivity contribution in [2.45, 2.75) is 57.4 Å². The maximum atomic E-state index is 12.4. The van der Waals surface area contributed by atoms with Crippen LogP contribution in [0, 0.1) is 11.8 Å². The second kappa shape index (κ2) is 5.60. The fraction of sp³-hybridized carbons (Fsp3) is 0.933. The molecule has 18 heavy (non-hydrogen) atoms. The molecular weight excluding hydrogens is 224 g/mol. The third-order valence-electron chi connectivity index (χ3n) is 4.82. The average Bonchev–Trinajstić information content (AvgIpc) is 2.97. The monoisotopic (exact) mass is 250 g/mol. The van der Waals surface area contributed by atoms with Gasteiger partial charge in [-0.25, -0.2) is 0 Å². The van der Waals surface area contributed by atoms with Crippen molar-refractivity contribution >= 4 is 5.91 Å². The minimum absolute atomic E-state index is 0.431. The lowest BCUT2D eigenvalue weighted by Crippen LogP contribution is -2.43. The smallest absolute Gasteiger partial charge is 0.222 e. The summed E-state index contributed by atoms with van der Waals surface area (Å²) in [6.45, 7) is 3.13. The first kappa shape index (κ1) is 12.5. The summed E-state index contributed by atoms with van der Waals surface area (Å²) in [7, 11) is 0. The molecule has 1 atom stereocenters. The van der Waals surface area contributed by atoms with E-state index in [1.165, 1.54) is 44.9 Å². The summed E-state index contributed by atoms with van der Waals surface area (Å²) in [5.74, 6) is 1.95. The van der Waals surface area contributed by atoms with E-state index in [2.05, 4.69) is 10.2 Å². The van der Waals surface area contributed by atoms with Gasteiger partial charge in [-0.2, -0.15) is 0 Å². The Hall–Kier alpha value is -0.570. The van der Waals surface area contributed by atoms with Gasteiger partial charge in [0.2, 0.25) is 5.91 Å². The molecule has 3 heteroatoms. The number of hydrogen-bond donors (Lipinski definition) is 1. The van der Waals surface area contributed by atoms with Gasteiger partial charge in [0.1, 0.15) is 0 Å². The van der Waals surface area contributed by atoms with Gasteiger partial charge in [0.05, 0.1) is 0 Å². The second-order valence-electron chi connectivity index (χ2n) is 6.54. The molecule has 3 nitrogen and oxygen atoms in total. The van der Waals surface area contributed by atoms with Gasteiger partial charge in [0.15, 0.2) is 0 Å². The average molecular weight is 250 g/mol. The van der Waals surface area contributed by atoms with Gasteiger partial charge < -0.3 is 10.2 Å². The molecule has 1 N–H and O–H groups in total. The van der Waals surface area contributed by atoms with Gasteiger partial charge in [0, 0.05) is 25.6 Å². The van der Waals surface area contributed by atoms with E-state index >= 15 is 0 Å². The van der Waals surface area contributed by atoms with Crippen LogP contribution in [-0.4, -0.2) is 36.5 Å². The summed E-state index contributed by atoms with van der Waals surface area (Å²) < 4.78 is 0. The molecule has 0 aromatic heterocycles. The van der Waals surface area contributed by atoms with E-state index in [0.29, 0.717) is 17.9 Å². The Balaban J connectivity index is 1.50. The molecule has 0 spiro atoms. The lowest BCUT2D eigenvalue weighted by atomic mass is 9.82. The van der Waals surface area contributed by atoms with Gasteiger partial charge in [-0.15, -0.1) is 0 Å². The van der Waals surface area contributed by atoms with Crippen molar-refractivity contribution in [3.05, 3.63) is 0 Å². The number of amides is 1. The highest BCUT2D eigenvalue weighted by atomic mass is 16.2. The lowest BCUT2D eigenvalue weighted by molar-refractivity contribution is -0.133. The standard InChI is InChI=1S/C15H26N2O/c18-15(9-12-3-1-4-12)17(10-13-6-7-13)11-14-5-2-8-16-14/h12-14,16H,1-11H2. The fourth-order valence-electron chi connectivity index (χ4n) is 3.14. The molecule has 2 aliphatic carbocycles. The molecule has 2 saturated carbocycles. The summed E-state index contributed by atoms with van der Waals surface area (Å²) in [4.78, 5) is 14.6. The minimum atomic E-state index is 0.431. The number of carbonyl (C=O) groups excluding carboxylic acids is 1. The minimum Gasteiger partial charge on any atom is -0.341 e. The number of nitrogens with one attached hydrogen (secondary N) is 1. The molecule has 1 amide bonds. The molecule has 1 aliphatic heterocycles. The van der Waals surface area contributed by atoms with Crippen LogP contribution < -0.4 is 5.32 Å². The number of carbonyl (C=O) groups is 1. The van der Waals surface area contributed by atoms with Crippen molar-refractivity contribution in [1.82, 2.24) is 10.2 Å². The lowest BCUT2D eigenvalue weighted by Gasteiger charge is -2.30. The summed E-state index contributed by atoms with van der Waals surface area (Å²) >= 11 is 0. The Labute approximate surface area is 110 Å². The summed E-state index contributed by atoms with van der Waals surface area (Å²) in [6, 6.07) is 0.564. The highest BCUT2D eigenvalue weighted by Gasteiger charge is 2.30. The van der Waals surface area contributed by atoms with Gasteiger partial charge in [-0.3, -0.25) is 4.79 Å². The van der Waals surface area contributed by atoms with Crippen LogP contribution in [-0.2, 0) is 4.79 Å².